The molecule has 0 amide bonds. The summed E-state index contributed by atoms with van der Waals surface area (Å²) in [6, 6.07) is 9.16. The van der Waals surface area contributed by atoms with Gasteiger partial charge < -0.3 is 0 Å². The second kappa shape index (κ2) is 6.44. The van der Waals surface area contributed by atoms with E-state index < -0.39 is 0 Å². The van der Waals surface area contributed by atoms with Crippen LogP contribution in [0.1, 0.15) is 12.5 Å². The lowest BCUT2D eigenvalue weighted by atomic mass is 10.1. The first-order valence-electron chi connectivity index (χ1n) is 5.68. The average molecular weight is 332 g/mol. The zero-order valence-electron chi connectivity index (χ0n) is 10.4. The summed E-state index contributed by atoms with van der Waals surface area (Å²) >= 11 is 17.9. The SMILES string of the molecule is C/C(=N/Nc1c(Cl)cc(Cl)cc1Cl)c1ccc(F)cc1. The van der Waals surface area contributed by atoms with Gasteiger partial charge in [-0.1, -0.05) is 46.9 Å². The molecule has 0 bridgehead atoms. The molecule has 0 atom stereocenters. The van der Waals surface area contributed by atoms with Gasteiger partial charge in [0.15, 0.2) is 0 Å². The topological polar surface area (TPSA) is 24.4 Å². The molecule has 0 aliphatic carbocycles. The smallest absolute Gasteiger partial charge is 0.123 e. The predicted octanol–water partition coefficient (Wildman–Crippen LogP) is 5.62. The summed E-state index contributed by atoms with van der Waals surface area (Å²) in [7, 11) is 0. The summed E-state index contributed by atoms with van der Waals surface area (Å²) in [6.07, 6.45) is 0. The second-order valence-corrected chi connectivity index (χ2v) is 5.31. The van der Waals surface area contributed by atoms with E-state index in [-0.39, 0.29) is 5.82 Å². The third kappa shape index (κ3) is 3.63. The van der Waals surface area contributed by atoms with Gasteiger partial charge in [-0.2, -0.15) is 5.10 Å². The molecule has 0 aliphatic heterocycles. The van der Waals surface area contributed by atoms with Crippen molar-refractivity contribution in [3.8, 4) is 0 Å². The summed E-state index contributed by atoms with van der Waals surface area (Å²) in [4.78, 5) is 0. The Kier molecular flexibility index (Phi) is 4.86. The normalized spacial score (nSPS) is 11.6. The van der Waals surface area contributed by atoms with Gasteiger partial charge in [-0.15, -0.1) is 0 Å². The average Bonchev–Trinajstić information content (AvgIpc) is 2.38. The molecule has 0 spiro atoms. The Labute approximate surface area is 131 Å². The molecule has 104 valence electrons. The molecule has 20 heavy (non-hydrogen) atoms. The van der Waals surface area contributed by atoms with Crippen molar-refractivity contribution in [1.82, 2.24) is 0 Å². The molecule has 2 rings (SSSR count). The van der Waals surface area contributed by atoms with Gasteiger partial charge in [0.1, 0.15) is 5.82 Å². The Hall–Kier alpha value is -1.29. The van der Waals surface area contributed by atoms with E-state index in [0.717, 1.165) is 5.56 Å². The molecule has 0 saturated heterocycles. The van der Waals surface area contributed by atoms with Gasteiger partial charge in [0.25, 0.3) is 0 Å². The van der Waals surface area contributed by atoms with Gasteiger partial charge in [-0.3, -0.25) is 5.43 Å². The Morgan fingerprint density at radius 1 is 1.05 bits per heavy atom. The number of rotatable bonds is 3. The number of nitrogens with zero attached hydrogens (tertiary/aromatic N) is 1. The van der Waals surface area contributed by atoms with E-state index >= 15 is 0 Å². The van der Waals surface area contributed by atoms with Crippen LogP contribution in [0.2, 0.25) is 15.1 Å². The molecule has 0 aliphatic rings. The molecule has 0 aromatic heterocycles. The molecule has 2 aromatic rings. The quantitative estimate of drug-likeness (QED) is 0.572. The largest absolute Gasteiger partial charge is 0.275 e. The number of hydrogen-bond donors (Lipinski definition) is 1. The maximum absolute atomic E-state index is 12.8. The lowest BCUT2D eigenvalue weighted by Crippen LogP contribution is -2.00. The molecule has 2 aromatic carbocycles. The minimum atomic E-state index is -0.293. The summed E-state index contributed by atoms with van der Waals surface area (Å²) in [5, 5.41) is 5.37. The number of hydrazone groups is 1. The number of anilines is 1. The van der Waals surface area contributed by atoms with E-state index in [0.29, 0.717) is 26.5 Å². The van der Waals surface area contributed by atoms with Crippen LogP contribution in [0.5, 0.6) is 0 Å². The molecule has 0 saturated carbocycles. The van der Waals surface area contributed by atoms with Gasteiger partial charge in [-0.05, 0) is 36.8 Å². The fraction of sp³-hybridized carbons (Fsp3) is 0.0714. The van der Waals surface area contributed by atoms with Crippen LogP contribution in [0.4, 0.5) is 10.1 Å². The van der Waals surface area contributed by atoms with Crippen molar-refractivity contribution in [3.63, 3.8) is 0 Å². The van der Waals surface area contributed by atoms with Crippen molar-refractivity contribution in [2.24, 2.45) is 5.10 Å². The summed E-state index contributed by atoms with van der Waals surface area (Å²) in [6.45, 7) is 1.79. The Bertz CT molecular complexity index is 631. The third-order valence-electron chi connectivity index (χ3n) is 2.60. The van der Waals surface area contributed by atoms with Crippen molar-refractivity contribution in [3.05, 3.63) is 62.8 Å². The third-order valence-corrected chi connectivity index (χ3v) is 3.42. The maximum atomic E-state index is 12.8. The summed E-state index contributed by atoms with van der Waals surface area (Å²) in [5.41, 5.74) is 4.73. The minimum Gasteiger partial charge on any atom is -0.275 e. The number of nitrogens with one attached hydrogen (secondary N) is 1. The highest BCUT2D eigenvalue weighted by atomic mass is 35.5. The van der Waals surface area contributed by atoms with Gasteiger partial charge >= 0.3 is 0 Å². The minimum absolute atomic E-state index is 0.293. The van der Waals surface area contributed by atoms with Crippen LogP contribution >= 0.6 is 34.8 Å². The monoisotopic (exact) mass is 330 g/mol. The van der Waals surface area contributed by atoms with Crippen LogP contribution in [0.25, 0.3) is 0 Å². The van der Waals surface area contributed by atoms with Crippen LogP contribution < -0.4 is 5.43 Å². The summed E-state index contributed by atoms with van der Waals surface area (Å²) in [5.74, 6) is -0.293. The highest BCUT2D eigenvalue weighted by molar-refractivity contribution is 6.41. The zero-order valence-corrected chi connectivity index (χ0v) is 12.7. The van der Waals surface area contributed by atoms with Crippen LogP contribution in [0, 0.1) is 5.82 Å². The molecule has 2 nitrogen and oxygen atoms in total. The Morgan fingerprint density at radius 3 is 2.15 bits per heavy atom. The first-order chi connectivity index (χ1) is 9.47. The lowest BCUT2D eigenvalue weighted by molar-refractivity contribution is 0.628. The van der Waals surface area contributed by atoms with E-state index in [1.165, 1.54) is 12.1 Å². The van der Waals surface area contributed by atoms with Crippen molar-refractivity contribution in [2.75, 3.05) is 5.43 Å². The van der Waals surface area contributed by atoms with Gasteiger partial charge in [-0.25, -0.2) is 4.39 Å². The zero-order chi connectivity index (χ0) is 14.7. The van der Waals surface area contributed by atoms with Crippen molar-refractivity contribution in [2.45, 2.75) is 6.92 Å². The first-order valence-corrected chi connectivity index (χ1v) is 6.81. The molecular formula is C14H10Cl3FN2. The van der Waals surface area contributed by atoms with Crippen molar-refractivity contribution < 1.29 is 4.39 Å². The number of hydrogen-bond acceptors (Lipinski definition) is 2. The van der Waals surface area contributed by atoms with Crippen LogP contribution in [0.15, 0.2) is 41.5 Å². The maximum Gasteiger partial charge on any atom is 0.123 e. The van der Waals surface area contributed by atoms with Crippen LogP contribution in [-0.2, 0) is 0 Å². The molecule has 6 heteroatoms. The van der Waals surface area contributed by atoms with E-state index in [2.05, 4.69) is 10.5 Å². The molecule has 0 unspecified atom stereocenters. The highest BCUT2D eigenvalue weighted by Gasteiger charge is 2.07. The molecular weight excluding hydrogens is 322 g/mol. The highest BCUT2D eigenvalue weighted by Crippen LogP contribution is 2.33. The Morgan fingerprint density at radius 2 is 1.60 bits per heavy atom. The molecule has 1 N–H and O–H groups in total. The van der Waals surface area contributed by atoms with Crippen molar-refractivity contribution >= 4 is 46.2 Å². The Balaban J connectivity index is 2.23. The van der Waals surface area contributed by atoms with E-state index in [1.54, 1.807) is 31.2 Å². The fourth-order valence-corrected chi connectivity index (χ4v) is 2.45. The van der Waals surface area contributed by atoms with E-state index in [1.807, 2.05) is 0 Å². The van der Waals surface area contributed by atoms with E-state index in [4.69, 9.17) is 34.8 Å². The summed E-state index contributed by atoms with van der Waals surface area (Å²) < 4.78 is 12.8. The van der Waals surface area contributed by atoms with Gasteiger partial charge in [0.05, 0.1) is 21.4 Å². The van der Waals surface area contributed by atoms with E-state index in [9.17, 15) is 4.39 Å². The molecule has 0 fully saturated rings. The number of halogens is 4. The standard InChI is InChI=1S/C14H10Cl3FN2/c1-8(9-2-4-11(18)5-3-9)19-20-14-12(16)6-10(15)7-13(14)17/h2-7,20H,1H3/b19-8-. The molecule has 0 heterocycles. The van der Waals surface area contributed by atoms with Crippen LogP contribution in [-0.4, -0.2) is 5.71 Å². The predicted molar refractivity (Wildman–Crippen MR) is 83.7 cm³/mol. The van der Waals surface area contributed by atoms with Crippen LogP contribution in [0.3, 0.4) is 0 Å². The second-order valence-electron chi connectivity index (χ2n) is 4.06. The number of benzene rings is 2. The van der Waals surface area contributed by atoms with Gasteiger partial charge in [0.2, 0.25) is 0 Å². The lowest BCUT2D eigenvalue weighted by Gasteiger charge is -2.08. The van der Waals surface area contributed by atoms with Crippen molar-refractivity contribution in [1.29, 1.82) is 0 Å². The first kappa shape index (κ1) is 15.1. The van der Waals surface area contributed by atoms with Gasteiger partial charge in [0, 0.05) is 5.02 Å². The molecule has 0 radical (unpaired) electrons. The fourth-order valence-electron chi connectivity index (χ4n) is 1.54.